The molecule has 0 heterocycles. The van der Waals surface area contributed by atoms with Gasteiger partial charge in [-0.3, -0.25) is 4.72 Å². The second kappa shape index (κ2) is 7.88. The molecule has 4 nitrogen and oxygen atoms in total. The van der Waals surface area contributed by atoms with Crippen molar-refractivity contribution in [3.8, 4) is 12.3 Å². The monoisotopic (exact) mass is 429 g/mol. The highest BCUT2D eigenvalue weighted by Gasteiger charge is 2.35. The molecule has 0 saturated heterocycles. The molecule has 29 heavy (non-hydrogen) atoms. The van der Waals surface area contributed by atoms with Crippen LogP contribution in [0.2, 0.25) is 5.02 Å². The molecule has 3 rings (SSSR count). The Hall–Kier alpha value is -2.85. The van der Waals surface area contributed by atoms with E-state index in [9.17, 15) is 17.9 Å². The summed E-state index contributed by atoms with van der Waals surface area (Å²) >= 11 is 6.06. The fourth-order valence-corrected chi connectivity index (χ4v) is 4.13. The normalized spacial score (nSPS) is 13.3. The van der Waals surface area contributed by atoms with Gasteiger partial charge in [0.25, 0.3) is 10.0 Å². The first-order valence-electron chi connectivity index (χ1n) is 8.52. The summed E-state index contributed by atoms with van der Waals surface area (Å²) in [5.41, 5.74) is -1.62. The Morgan fingerprint density at radius 1 is 1.07 bits per heavy atom. The molecule has 1 atom stereocenters. The number of aliphatic hydroxyl groups is 1. The molecule has 0 bridgehead atoms. The third-order valence-corrected chi connectivity index (χ3v) is 6.04. The van der Waals surface area contributed by atoms with Crippen LogP contribution in [0, 0.1) is 25.1 Å². The van der Waals surface area contributed by atoms with E-state index in [0.717, 1.165) is 11.6 Å². The van der Waals surface area contributed by atoms with Crippen molar-refractivity contribution in [2.75, 3.05) is 4.72 Å². The highest BCUT2D eigenvalue weighted by atomic mass is 35.5. The molecule has 0 radical (unpaired) electrons. The lowest BCUT2D eigenvalue weighted by Gasteiger charge is -2.27. The number of halogens is 2. The fourth-order valence-electron chi connectivity index (χ4n) is 2.88. The zero-order valence-corrected chi connectivity index (χ0v) is 16.9. The Bertz CT molecular complexity index is 1200. The minimum atomic E-state index is -3.99. The lowest BCUT2D eigenvalue weighted by atomic mass is 9.86. The lowest BCUT2D eigenvalue weighted by Crippen LogP contribution is -2.28. The zero-order chi connectivity index (χ0) is 21.2. The van der Waals surface area contributed by atoms with Gasteiger partial charge >= 0.3 is 0 Å². The highest BCUT2D eigenvalue weighted by molar-refractivity contribution is 7.92. The molecule has 0 aliphatic carbocycles. The Morgan fingerprint density at radius 2 is 1.72 bits per heavy atom. The molecule has 7 heteroatoms. The van der Waals surface area contributed by atoms with Crippen molar-refractivity contribution in [1.29, 1.82) is 0 Å². The topological polar surface area (TPSA) is 66.4 Å². The Kier molecular flexibility index (Phi) is 5.67. The molecule has 3 aromatic rings. The van der Waals surface area contributed by atoms with Gasteiger partial charge in [-0.25, -0.2) is 12.8 Å². The van der Waals surface area contributed by atoms with E-state index in [1.807, 2.05) is 6.92 Å². The molecule has 2 N–H and O–H groups in total. The third kappa shape index (κ3) is 4.13. The largest absolute Gasteiger partial charge is 0.369 e. The SMILES string of the molecule is C#CC(O)(c1ccccc1F)c1cc(Cl)ccc1NS(=O)(=O)c1ccc(C)cc1. The summed E-state index contributed by atoms with van der Waals surface area (Å²) in [4.78, 5) is 0.0270. The molecule has 1 unspecified atom stereocenters. The van der Waals surface area contributed by atoms with Crippen molar-refractivity contribution in [1.82, 2.24) is 0 Å². The smallest absolute Gasteiger partial charge is 0.261 e. The number of aryl methyl sites for hydroxylation is 1. The number of hydrogen-bond donors (Lipinski definition) is 2. The molecule has 0 spiro atoms. The molecular formula is C22H17ClFNO3S. The Morgan fingerprint density at radius 3 is 2.34 bits per heavy atom. The third-order valence-electron chi connectivity index (χ3n) is 4.42. The first-order chi connectivity index (χ1) is 13.7. The van der Waals surface area contributed by atoms with Crippen LogP contribution in [0.4, 0.5) is 10.1 Å². The van der Waals surface area contributed by atoms with E-state index >= 15 is 0 Å². The quantitative estimate of drug-likeness (QED) is 0.588. The summed E-state index contributed by atoms with van der Waals surface area (Å²) in [6.07, 6.45) is 5.56. The lowest BCUT2D eigenvalue weighted by molar-refractivity contribution is 0.141. The highest BCUT2D eigenvalue weighted by Crippen LogP contribution is 2.37. The van der Waals surface area contributed by atoms with Crippen molar-refractivity contribution in [2.45, 2.75) is 17.4 Å². The minimum absolute atomic E-state index is 0.0151. The van der Waals surface area contributed by atoms with Gasteiger partial charge in [0.05, 0.1) is 10.6 Å². The first-order valence-corrected chi connectivity index (χ1v) is 10.4. The van der Waals surface area contributed by atoms with E-state index in [4.69, 9.17) is 18.0 Å². The number of terminal acetylenes is 1. The van der Waals surface area contributed by atoms with Crippen molar-refractivity contribution < 1.29 is 17.9 Å². The van der Waals surface area contributed by atoms with Crippen molar-refractivity contribution >= 4 is 27.3 Å². The van der Waals surface area contributed by atoms with Gasteiger partial charge < -0.3 is 5.11 Å². The van der Waals surface area contributed by atoms with Crippen LogP contribution in [0.25, 0.3) is 0 Å². The van der Waals surface area contributed by atoms with Gasteiger partial charge in [0.2, 0.25) is 0 Å². The number of nitrogens with one attached hydrogen (secondary N) is 1. The first kappa shape index (κ1) is 20.9. The van der Waals surface area contributed by atoms with E-state index in [0.29, 0.717) is 0 Å². The van der Waals surface area contributed by atoms with Gasteiger partial charge in [-0.05, 0) is 43.3 Å². The summed E-state index contributed by atoms with van der Waals surface area (Å²) in [6, 6.07) is 15.8. The average molecular weight is 430 g/mol. The number of anilines is 1. The van der Waals surface area contributed by atoms with E-state index in [1.54, 1.807) is 12.1 Å². The molecule has 0 fully saturated rings. The maximum Gasteiger partial charge on any atom is 0.261 e. The van der Waals surface area contributed by atoms with Gasteiger partial charge in [0.1, 0.15) is 5.82 Å². The van der Waals surface area contributed by atoms with Gasteiger partial charge in [0.15, 0.2) is 5.60 Å². The van der Waals surface area contributed by atoms with Gasteiger partial charge in [-0.2, -0.15) is 0 Å². The number of rotatable bonds is 5. The molecule has 0 aromatic heterocycles. The Labute approximate surface area is 174 Å². The summed E-state index contributed by atoms with van der Waals surface area (Å²) < 4.78 is 42.5. The second-order valence-electron chi connectivity index (χ2n) is 6.44. The molecular weight excluding hydrogens is 413 g/mol. The number of benzene rings is 3. The second-order valence-corrected chi connectivity index (χ2v) is 8.56. The molecule has 3 aromatic carbocycles. The fraction of sp³-hybridized carbons (Fsp3) is 0.0909. The Balaban J connectivity index is 2.15. The van der Waals surface area contributed by atoms with Crippen LogP contribution in [0.5, 0.6) is 0 Å². The summed E-state index contributed by atoms with van der Waals surface area (Å²) in [7, 11) is -3.99. The number of sulfonamides is 1. The van der Waals surface area contributed by atoms with Gasteiger partial charge in [-0.1, -0.05) is 53.4 Å². The van der Waals surface area contributed by atoms with Crippen LogP contribution in [0.15, 0.2) is 71.6 Å². The average Bonchev–Trinajstić information content (AvgIpc) is 2.69. The summed E-state index contributed by atoms with van der Waals surface area (Å²) in [5.74, 6) is 1.44. The predicted octanol–water partition coefficient (Wildman–Crippen LogP) is 4.46. The van der Waals surface area contributed by atoms with Crippen LogP contribution < -0.4 is 4.72 Å². The van der Waals surface area contributed by atoms with E-state index in [1.165, 1.54) is 48.5 Å². The summed E-state index contributed by atoms with van der Waals surface area (Å²) in [5, 5.41) is 11.4. The summed E-state index contributed by atoms with van der Waals surface area (Å²) in [6.45, 7) is 1.84. The predicted molar refractivity (Wildman–Crippen MR) is 112 cm³/mol. The van der Waals surface area contributed by atoms with Crippen molar-refractivity contribution in [3.05, 3.63) is 94.3 Å². The van der Waals surface area contributed by atoms with Crippen LogP contribution in [0.3, 0.4) is 0 Å². The van der Waals surface area contributed by atoms with Crippen LogP contribution in [0.1, 0.15) is 16.7 Å². The van der Waals surface area contributed by atoms with Gasteiger partial charge in [-0.15, -0.1) is 6.42 Å². The maximum atomic E-state index is 14.4. The maximum absolute atomic E-state index is 14.4. The van der Waals surface area contributed by atoms with E-state index in [2.05, 4.69) is 10.6 Å². The van der Waals surface area contributed by atoms with E-state index in [-0.39, 0.29) is 26.7 Å². The molecule has 148 valence electrons. The standard InChI is InChI=1S/C22H17ClFNO3S/c1-3-22(26,18-6-4-5-7-20(18)24)19-14-16(23)10-13-21(19)25-29(27,28)17-11-8-15(2)9-12-17/h1,4-14,25-26H,2H3. The van der Waals surface area contributed by atoms with Crippen LogP contribution in [-0.2, 0) is 15.6 Å². The van der Waals surface area contributed by atoms with Crippen molar-refractivity contribution in [3.63, 3.8) is 0 Å². The zero-order valence-electron chi connectivity index (χ0n) is 15.4. The minimum Gasteiger partial charge on any atom is -0.369 e. The molecule has 0 aliphatic heterocycles. The number of hydrogen-bond acceptors (Lipinski definition) is 3. The molecule has 0 aliphatic rings. The molecule has 0 amide bonds. The van der Waals surface area contributed by atoms with Gasteiger partial charge in [0, 0.05) is 16.1 Å². The van der Waals surface area contributed by atoms with Crippen LogP contribution >= 0.6 is 11.6 Å². The van der Waals surface area contributed by atoms with E-state index < -0.39 is 21.4 Å². The molecule has 0 saturated carbocycles. The van der Waals surface area contributed by atoms with Crippen LogP contribution in [-0.4, -0.2) is 13.5 Å². The van der Waals surface area contributed by atoms with Crippen molar-refractivity contribution in [2.24, 2.45) is 0 Å².